The van der Waals surface area contributed by atoms with E-state index in [-0.39, 0.29) is 11.5 Å². The molecule has 1 amide bonds. The zero-order valence-electron chi connectivity index (χ0n) is 11.0. The lowest BCUT2D eigenvalue weighted by molar-refractivity contribution is 0.0787. The van der Waals surface area contributed by atoms with Gasteiger partial charge in [-0.25, -0.2) is 4.79 Å². The highest BCUT2D eigenvalue weighted by Crippen LogP contribution is 2.13. The van der Waals surface area contributed by atoms with Gasteiger partial charge < -0.3 is 9.32 Å². The third-order valence-electron chi connectivity index (χ3n) is 2.86. The fourth-order valence-electron chi connectivity index (χ4n) is 1.93. The molecule has 0 radical (unpaired) electrons. The standard InChI is InChI=1S/C16H15NO3/c1-3-9-17(10-4-2)15(18)13-11-12-7-5-6-8-14(12)20-16(13)19/h3-8,11H,1-2,9-10H2. The molecule has 0 bridgehead atoms. The second-order valence-corrected chi connectivity index (χ2v) is 4.27. The number of benzene rings is 1. The average molecular weight is 269 g/mol. The molecule has 4 heteroatoms. The van der Waals surface area contributed by atoms with Crippen LogP contribution in [0.3, 0.4) is 0 Å². The van der Waals surface area contributed by atoms with Crippen LogP contribution >= 0.6 is 0 Å². The van der Waals surface area contributed by atoms with Crippen molar-refractivity contribution < 1.29 is 9.21 Å². The van der Waals surface area contributed by atoms with Crippen LogP contribution in [0.25, 0.3) is 11.0 Å². The quantitative estimate of drug-likeness (QED) is 0.619. The van der Waals surface area contributed by atoms with Gasteiger partial charge in [0.1, 0.15) is 11.1 Å². The van der Waals surface area contributed by atoms with E-state index in [1.165, 1.54) is 4.90 Å². The summed E-state index contributed by atoms with van der Waals surface area (Å²) in [6, 6.07) is 8.63. The van der Waals surface area contributed by atoms with Crippen molar-refractivity contribution in [1.29, 1.82) is 0 Å². The predicted molar refractivity (Wildman–Crippen MR) is 78.8 cm³/mol. The van der Waals surface area contributed by atoms with Crippen LogP contribution in [-0.2, 0) is 0 Å². The predicted octanol–water partition coefficient (Wildman–Crippen LogP) is 2.61. The Kier molecular flexibility index (Phi) is 4.15. The number of amides is 1. The monoisotopic (exact) mass is 269 g/mol. The summed E-state index contributed by atoms with van der Waals surface area (Å²) in [6.45, 7) is 7.89. The molecule has 0 fully saturated rings. The molecule has 0 unspecified atom stereocenters. The number of nitrogens with zero attached hydrogens (tertiary/aromatic N) is 1. The number of rotatable bonds is 5. The molecule has 0 N–H and O–H groups in total. The van der Waals surface area contributed by atoms with Crippen LogP contribution in [0.1, 0.15) is 10.4 Å². The van der Waals surface area contributed by atoms with Crippen molar-refractivity contribution in [2.75, 3.05) is 13.1 Å². The first-order valence-corrected chi connectivity index (χ1v) is 6.21. The summed E-state index contributed by atoms with van der Waals surface area (Å²) in [6.07, 6.45) is 3.20. The van der Waals surface area contributed by atoms with E-state index in [4.69, 9.17) is 4.42 Å². The van der Waals surface area contributed by atoms with Gasteiger partial charge in [-0.1, -0.05) is 30.4 Å². The Labute approximate surface area is 116 Å². The van der Waals surface area contributed by atoms with Gasteiger partial charge in [0, 0.05) is 18.5 Å². The van der Waals surface area contributed by atoms with E-state index < -0.39 is 5.63 Å². The normalized spacial score (nSPS) is 10.2. The highest BCUT2D eigenvalue weighted by molar-refractivity contribution is 5.96. The minimum absolute atomic E-state index is 0.0207. The Morgan fingerprint density at radius 3 is 2.50 bits per heavy atom. The van der Waals surface area contributed by atoms with E-state index in [2.05, 4.69) is 13.2 Å². The molecular weight excluding hydrogens is 254 g/mol. The molecule has 0 atom stereocenters. The molecule has 102 valence electrons. The van der Waals surface area contributed by atoms with Gasteiger partial charge in [-0.05, 0) is 12.1 Å². The van der Waals surface area contributed by atoms with Gasteiger partial charge in [0.15, 0.2) is 0 Å². The second kappa shape index (κ2) is 6.02. The molecule has 1 aromatic heterocycles. The fourth-order valence-corrected chi connectivity index (χ4v) is 1.93. The van der Waals surface area contributed by atoms with E-state index in [0.717, 1.165) is 0 Å². The number of carbonyl (C=O) groups excluding carboxylic acids is 1. The minimum Gasteiger partial charge on any atom is -0.422 e. The van der Waals surface area contributed by atoms with Gasteiger partial charge in [0.25, 0.3) is 5.91 Å². The van der Waals surface area contributed by atoms with Crippen molar-refractivity contribution in [1.82, 2.24) is 4.90 Å². The molecule has 2 rings (SSSR count). The van der Waals surface area contributed by atoms with Crippen LogP contribution in [0.2, 0.25) is 0 Å². The summed E-state index contributed by atoms with van der Waals surface area (Å²) in [5.74, 6) is -0.385. The lowest BCUT2D eigenvalue weighted by Crippen LogP contribution is -2.34. The zero-order chi connectivity index (χ0) is 14.5. The van der Waals surface area contributed by atoms with Gasteiger partial charge in [-0.15, -0.1) is 13.2 Å². The first-order chi connectivity index (χ1) is 9.67. The van der Waals surface area contributed by atoms with Gasteiger partial charge >= 0.3 is 5.63 Å². The lowest BCUT2D eigenvalue weighted by atomic mass is 10.1. The molecule has 0 aliphatic carbocycles. The van der Waals surface area contributed by atoms with Gasteiger partial charge in [0.05, 0.1) is 0 Å². The Morgan fingerprint density at radius 2 is 1.85 bits per heavy atom. The number of para-hydroxylation sites is 1. The van der Waals surface area contributed by atoms with Crippen molar-refractivity contribution >= 4 is 16.9 Å². The lowest BCUT2D eigenvalue weighted by Gasteiger charge is -2.18. The smallest absolute Gasteiger partial charge is 0.349 e. The SMILES string of the molecule is C=CCN(CC=C)C(=O)c1cc2ccccc2oc1=O. The third kappa shape index (κ3) is 2.69. The maximum absolute atomic E-state index is 12.4. The molecule has 0 saturated heterocycles. The van der Waals surface area contributed by atoms with E-state index in [1.807, 2.05) is 6.07 Å². The second-order valence-electron chi connectivity index (χ2n) is 4.27. The maximum Gasteiger partial charge on any atom is 0.349 e. The highest BCUT2D eigenvalue weighted by Gasteiger charge is 2.18. The molecular formula is C16H15NO3. The van der Waals surface area contributed by atoms with Gasteiger partial charge in [-0.2, -0.15) is 0 Å². The third-order valence-corrected chi connectivity index (χ3v) is 2.86. The summed E-state index contributed by atoms with van der Waals surface area (Å²) in [5, 5.41) is 0.715. The summed E-state index contributed by atoms with van der Waals surface area (Å²) in [4.78, 5) is 25.8. The van der Waals surface area contributed by atoms with Crippen LogP contribution < -0.4 is 5.63 Å². The van der Waals surface area contributed by atoms with Crippen LogP contribution in [0.4, 0.5) is 0 Å². The van der Waals surface area contributed by atoms with E-state index in [9.17, 15) is 9.59 Å². The molecule has 2 aromatic rings. The molecule has 1 heterocycles. The number of hydrogen-bond donors (Lipinski definition) is 0. The van der Waals surface area contributed by atoms with E-state index >= 15 is 0 Å². The largest absolute Gasteiger partial charge is 0.422 e. The van der Waals surface area contributed by atoms with Gasteiger partial charge in [-0.3, -0.25) is 4.79 Å². The molecule has 4 nitrogen and oxygen atoms in total. The maximum atomic E-state index is 12.4. The number of fused-ring (bicyclic) bond motifs is 1. The van der Waals surface area contributed by atoms with Crippen molar-refractivity contribution in [3.8, 4) is 0 Å². The number of carbonyl (C=O) groups is 1. The van der Waals surface area contributed by atoms with Crippen molar-refractivity contribution in [3.63, 3.8) is 0 Å². The average Bonchev–Trinajstić information content (AvgIpc) is 2.45. The first-order valence-electron chi connectivity index (χ1n) is 6.21. The zero-order valence-corrected chi connectivity index (χ0v) is 11.0. The van der Waals surface area contributed by atoms with Crippen LogP contribution in [0.15, 0.2) is 64.9 Å². The summed E-state index contributed by atoms with van der Waals surface area (Å²) < 4.78 is 5.17. The van der Waals surface area contributed by atoms with Crippen LogP contribution in [0.5, 0.6) is 0 Å². The molecule has 20 heavy (non-hydrogen) atoms. The Hall–Kier alpha value is -2.62. The van der Waals surface area contributed by atoms with Gasteiger partial charge in [0.2, 0.25) is 0 Å². The molecule has 0 aliphatic rings. The highest BCUT2D eigenvalue weighted by atomic mass is 16.4. The summed E-state index contributed by atoms with van der Waals surface area (Å²) in [5.41, 5.74) is -0.146. The summed E-state index contributed by atoms with van der Waals surface area (Å²) >= 11 is 0. The Bertz CT molecular complexity index is 705. The fraction of sp³-hybridized carbons (Fsp3) is 0.125. The summed E-state index contributed by atoms with van der Waals surface area (Å²) in [7, 11) is 0. The first kappa shape index (κ1) is 13.8. The van der Waals surface area contributed by atoms with Crippen molar-refractivity contribution in [2.45, 2.75) is 0 Å². The molecule has 0 aliphatic heterocycles. The number of hydrogen-bond acceptors (Lipinski definition) is 3. The van der Waals surface area contributed by atoms with E-state index in [1.54, 1.807) is 36.4 Å². The Balaban J connectivity index is 2.47. The molecule has 0 spiro atoms. The topological polar surface area (TPSA) is 50.5 Å². The van der Waals surface area contributed by atoms with E-state index in [0.29, 0.717) is 24.1 Å². The Morgan fingerprint density at radius 1 is 1.20 bits per heavy atom. The van der Waals surface area contributed by atoms with Crippen LogP contribution in [-0.4, -0.2) is 23.9 Å². The molecule has 0 saturated carbocycles. The minimum atomic E-state index is -0.633. The molecule has 1 aromatic carbocycles. The van der Waals surface area contributed by atoms with Crippen molar-refractivity contribution in [3.05, 3.63) is 71.6 Å². The van der Waals surface area contributed by atoms with Crippen molar-refractivity contribution in [2.24, 2.45) is 0 Å². The van der Waals surface area contributed by atoms with Crippen LogP contribution in [0, 0.1) is 0 Å².